The van der Waals surface area contributed by atoms with E-state index in [0.29, 0.717) is 11.4 Å². The Morgan fingerprint density at radius 3 is 2.55 bits per heavy atom. The molecule has 0 bridgehead atoms. The number of rotatable bonds is 6. The van der Waals surface area contributed by atoms with Crippen LogP contribution in [0.2, 0.25) is 0 Å². The largest absolute Gasteiger partial charge is 0.497 e. The van der Waals surface area contributed by atoms with E-state index >= 15 is 0 Å². The number of methoxy groups -OCH3 is 1. The smallest absolute Gasteiger partial charge is 0.346 e. The molecule has 0 amide bonds. The zero-order valence-corrected chi connectivity index (χ0v) is 12.3. The number of carbonyl (C=O) groups is 1. The molecule has 0 unspecified atom stereocenters. The average Bonchev–Trinajstić information content (AvgIpc) is 2.87. The fourth-order valence-corrected chi connectivity index (χ4v) is 2.79. The maximum absolute atomic E-state index is 11.1. The third-order valence-corrected chi connectivity index (χ3v) is 3.94. The maximum Gasteiger partial charge on any atom is 0.346 e. The minimum atomic E-state index is -0.854. The molecule has 4 nitrogen and oxygen atoms in total. The van der Waals surface area contributed by atoms with E-state index in [-0.39, 0.29) is 0 Å². The van der Waals surface area contributed by atoms with Crippen molar-refractivity contribution in [1.29, 1.82) is 0 Å². The predicted octanol–water partition coefficient (Wildman–Crippen LogP) is 3.09. The number of benzene rings is 1. The van der Waals surface area contributed by atoms with Gasteiger partial charge in [0.2, 0.25) is 0 Å². The number of nitrogens with zero attached hydrogens (tertiary/aromatic N) is 1. The Labute approximate surface area is 122 Å². The summed E-state index contributed by atoms with van der Waals surface area (Å²) in [5, 5.41) is 10.9. The van der Waals surface area contributed by atoms with Gasteiger partial charge in [-0.2, -0.15) is 0 Å². The molecule has 1 aromatic carbocycles. The Morgan fingerprint density at radius 1 is 1.25 bits per heavy atom. The molecule has 1 aromatic heterocycles. The lowest BCUT2D eigenvalue weighted by atomic mass is 10.2. The lowest BCUT2D eigenvalue weighted by molar-refractivity contribution is 0.0700. The summed E-state index contributed by atoms with van der Waals surface area (Å²) < 4.78 is 5.12. The Balaban J connectivity index is 1.99. The first kappa shape index (κ1) is 14.6. The summed E-state index contributed by atoms with van der Waals surface area (Å²) in [7, 11) is 3.62. The van der Waals surface area contributed by atoms with Crippen LogP contribution >= 0.6 is 11.3 Å². The lowest BCUT2D eigenvalue weighted by Crippen LogP contribution is -2.18. The highest BCUT2D eigenvalue weighted by Gasteiger charge is 2.13. The molecular formula is C15H17NO3S. The van der Waals surface area contributed by atoms with E-state index < -0.39 is 5.97 Å². The van der Waals surface area contributed by atoms with E-state index in [1.165, 1.54) is 16.9 Å². The number of hydrogen-bond donors (Lipinski definition) is 1. The quantitative estimate of drug-likeness (QED) is 0.888. The molecule has 0 saturated carbocycles. The van der Waals surface area contributed by atoms with Crippen molar-refractivity contribution in [3.05, 3.63) is 51.7 Å². The van der Waals surface area contributed by atoms with Gasteiger partial charge in [0.05, 0.1) is 7.11 Å². The van der Waals surface area contributed by atoms with Crippen LogP contribution in [0.1, 0.15) is 20.8 Å². The van der Waals surface area contributed by atoms with Crippen molar-refractivity contribution in [2.45, 2.75) is 13.1 Å². The van der Waals surface area contributed by atoms with E-state index in [1.807, 2.05) is 42.8 Å². The molecule has 0 aliphatic heterocycles. The summed E-state index contributed by atoms with van der Waals surface area (Å²) in [5.74, 6) is -0.0183. The normalized spacial score (nSPS) is 10.8. The van der Waals surface area contributed by atoms with Crippen LogP contribution in [-0.2, 0) is 13.1 Å². The second-order valence-electron chi connectivity index (χ2n) is 4.60. The van der Waals surface area contributed by atoms with Crippen LogP contribution in [0.25, 0.3) is 0 Å². The SMILES string of the molecule is COc1ccc(CN(C)Cc2ccsc2C(=O)O)cc1. The summed E-state index contributed by atoms with van der Waals surface area (Å²) in [4.78, 5) is 13.6. The molecule has 1 N–H and O–H groups in total. The summed E-state index contributed by atoms with van der Waals surface area (Å²) in [6.45, 7) is 1.38. The van der Waals surface area contributed by atoms with E-state index in [4.69, 9.17) is 9.84 Å². The zero-order chi connectivity index (χ0) is 14.5. The molecule has 0 atom stereocenters. The van der Waals surface area contributed by atoms with Crippen LogP contribution in [0.3, 0.4) is 0 Å². The Hall–Kier alpha value is -1.85. The van der Waals surface area contributed by atoms with Gasteiger partial charge in [-0.25, -0.2) is 4.79 Å². The topological polar surface area (TPSA) is 49.8 Å². The molecule has 0 aliphatic rings. The molecule has 0 fully saturated rings. The van der Waals surface area contributed by atoms with E-state index in [0.717, 1.165) is 17.9 Å². The van der Waals surface area contributed by atoms with Gasteiger partial charge in [-0.1, -0.05) is 12.1 Å². The molecule has 1 heterocycles. The molecule has 0 saturated heterocycles. The van der Waals surface area contributed by atoms with Gasteiger partial charge in [0.15, 0.2) is 0 Å². The lowest BCUT2D eigenvalue weighted by Gasteiger charge is -2.16. The molecule has 20 heavy (non-hydrogen) atoms. The number of carboxylic acids is 1. The average molecular weight is 291 g/mol. The van der Waals surface area contributed by atoms with Crippen LogP contribution in [0.5, 0.6) is 5.75 Å². The first-order chi connectivity index (χ1) is 9.60. The number of aromatic carboxylic acids is 1. The number of ether oxygens (including phenoxy) is 1. The minimum absolute atomic E-state index is 0.423. The Morgan fingerprint density at radius 2 is 1.95 bits per heavy atom. The van der Waals surface area contributed by atoms with Crippen LogP contribution in [0.15, 0.2) is 35.7 Å². The highest BCUT2D eigenvalue weighted by Crippen LogP contribution is 2.19. The van der Waals surface area contributed by atoms with Gasteiger partial charge in [-0.15, -0.1) is 11.3 Å². The van der Waals surface area contributed by atoms with Crippen LogP contribution < -0.4 is 4.74 Å². The van der Waals surface area contributed by atoms with Gasteiger partial charge < -0.3 is 9.84 Å². The first-order valence-electron chi connectivity index (χ1n) is 6.21. The molecule has 0 aliphatic carbocycles. The van der Waals surface area contributed by atoms with Crippen molar-refractivity contribution in [2.24, 2.45) is 0 Å². The number of carboxylic acid groups (broad SMARTS) is 1. The fraction of sp³-hybridized carbons (Fsp3) is 0.267. The van der Waals surface area contributed by atoms with E-state index in [9.17, 15) is 4.79 Å². The third kappa shape index (κ3) is 3.59. The summed E-state index contributed by atoms with van der Waals surface area (Å²) in [6.07, 6.45) is 0. The molecule has 0 radical (unpaired) electrons. The van der Waals surface area contributed by atoms with Gasteiger partial charge in [-0.05, 0) is 41.8 Å². The number of hydrogen-bond acceptors (Lipinski definition) is 4. The highest BCUT2D eigenvalue weighted by atomic mass is 32.1. The molecule has 2 aromatic rings. The van der Waals surface area contributed by atoms with Crippen molar-refractivity contribution >= 4 is 17.3 Å². The standard InChI is InChI=1S/C15H17NO3S/c1-16(9-11-3-5-13(19-2)6-4-11)10-12-7-8-20-14(12)15(17)18/h3-8H,9-10H2,1-2H3,(H,17,18). The number of thiophene rings is 1. The van der Waals surface area contributed by atoms with E-state index in [1.54, 1.807) is 7.11 Å². The Bertz CT molecular complexity index is 577. The van der Waals surface area contributed by atoms with Gasteiger partial charge in [-0.3, -0.25) is 4.90 Å². The van der Waals surface area contributed by atoms with Gasteiger partial charge in [0, 0.05) is 13.1 Å². The molecule has 5 heteroatoms. The van der Waals surface area contributed by atoms with Crippen molar-refractivity contribution in [3.8, 4) is 5.75 Å². The van der Waals surface area contributed by atoms with Gasteiger partial charge >= 0.3 is 5.97 Å². The second-order valence-corrected chi connectivity index (χ2v) is 5.52. The summed E-state index contributed by atoms with van der Waals surface area (Å²) >= 11 is 1.27. The first-order valence-corrected chi connectivity index (χ1v) is 7.09. The van der Waals surface area contributed by atoms with Crippen LogP contribution in [-0.4, -0.2) is 30.1 Å². The minimum Gasteiger partial charge on any atom is -0.497 e. The maximum atomic E-state index is 11.1. The van der Waals surface area contributed by atoms with E-state index in [2.05, 4.69) is 4.90 Å². The van der Waals surface area contributed by atoms with Crippen molar-refractivity contribution in [1.82, 2.24) is 4.90 Å². The second kappa shape index (κ2) is 6.54. The monoisotopic (exact) mass is 291 g/mol. The highest BCUT2D eigenvalue weighted by molar-refractivity contribution is 7.12. The summed E-state index contributed by atoms with van der Waals surface area (Å²) in [5.41, 5.74) is 2.03. The van der Waals surface area contributed by atoms with Crippen molar-refractivity contribution < 1.29 is 14.6 Å². The molecule has 106 valence electrons. The third-order valence-electron chi connectivity index (χ3n) is 2.99. The Kier molecular flexibility index (Phi) is 4.76. The summed E-state index contributed by atoms with van der Waals surface area (Å²) in [6, 6.07) is 9.76. The van der Waals surface area contributed by atoms with Crippen molar-refractivity contribution in [2.75, 3.05) is 14.2 Å². The van der Waals surface area contributed by atoms with Crippen LogP contribution in [0, 0.1) is 0 Å². The van der Waals surface area contributed by atoms with Crippen LogP contribution in [0.4, 0.5) is 0 Å². The molecule has 2 rings (SSSR count). The van der Waals surface area contributed by atoms with Gasteiger partial charge in [0.1, 0.15) is 10.6 Å². The van der Waals surface area contributed by atoms with Gasteiger partial charge in [0.25, 0.3) is 0 Å². The molecular weight excluding hydrogens is 274 g/mol. The zero-order valence-electron chi connectivity index (χ0n) is 11.5. The van der Waals surface area contributed by atoms with Crippen molar-refractivity contribution in [3.63, 3.8) is 0 Å². The fourth-order valence-electron chi connectivity index (χ4n) is 2.04. The molecule has 0 spiro atoms. The predicted molar refractivity (Wildman–Crippen MR) is 79.4 cm³/mol.